The molecule has 1 aliphatic rings. The molecular weight excluding hydrogens is 468 g/mol. The van der Waals surface area contributed by atoms with Crippen LogP contribution in [-0.4, -0.2) is 74.9 Å². The first-order valence-electron chi connectivity index (χ1n) is 11.4. The van der Waals surface area contributed by atoms with E-state index in [4.69, 9.17) is 0 Å². The van der Waals surface area contributed by atoms with Crippen molar-refractivity contribution in [3.63, 3.8) is 0 Å². The van der Waals surface area contributed by atoms with Gasteiger partial charge in [-0.3, -0.25) is 14.5 Å². The number of carbonyl (C=O) groups excluding carboxylic acids is 2. The monoisotopic (exact) mass is 498 g/mol. The van der Waals surface area contributed by atoms with E-state index < -0.39 is 0 Å². The summed E-state index contributed by atoms with van der Waals surface area (Å²) in [7, 11) is 0. The third-order valence-corrected chi connectivity index (χ3v) is 7.82. The highest BCUT2D eigenvalue weighted by Crippen LogP contribution is 2.20. The lowest BCUT2D eigenvalue weighted by Crippen LogP contribution is -2.51. The van der Waals surface area contributed by atoms with E-state index in [1.165, 1.54) is 16.6 Å². The van der Waals surface area contributed by atoms with Crippen LogP contribution in [0.15, 0.2) is 47.2 Å². The zero-order valence-corrected chi connectivity index (χ0v) is 21.2. The molecule has 1 saturated heterocycles. The second kappa shape index (κ2) is 11.6. The summed E-state index contributed by atoms with van der Waals surface area (Å²) in [4.78, 5) is 30.6. The minimum Gasteiger partial charge on any atom is -0.339 e. The fourth-order valence-corrected chi connectivity index (χ4v) is 5.50. The Bertz CT molecular complexity index is 1090. The van der Waals surface area contributed by atoms with E-state index in [0.717, 1.165) is 34.9 Å². The maximum Gasteiger partial charge on any atom is 0.238 e. The summed E-state index contributed by atoms with van der Waals surface area (Å²) in [5.41, 5.74) is 3.01. The molecular formula is C24H30N6O2S2. The molecule has 0 atom stereocenters. The molecule has 0 unspecified atom stereocenters. The molecule has 10 heteroatoms. The van der Waals surface area contributed by atoms with E-state index >= 15 is 0 Å². The zero-order chi connectivity index (χ0) is 23.9. The van der Waals surface area contributed by atoms with Gasteiger partial charge in [0.25, 0.3) is 0 Å². The second-order valence-electron chi connectivity index (χ2n) is 8.40. The first-order valence-corrected chi connectivity index (χ1v) is 13.3. The fourth-order valence-electron chi connectivity index (χ4n) is 3.96. The SMILES string of the molecule is Cc1cccc(C)c1NC(=O)CN1CCN(C(=O)CSc2nncn2CCc2cccs2)CC1. The van der Waals surface area contributed by atoms with E-state index in [-0.39, 0.29) is 11.8 Å². The summed E-state index contributed by atoms with van der Waals surface area (Å²) < 4.78 is 2.00. The first-order chi connectivity index (χ1) is 16.5. The normalized spacial score (nSPS) is 14.4. The number of nitrogens with zero attached hydrogens (tertiary/aromatic N) is 5. The van der Waals surface area contributed by atoms with Crippen LogP contribution in [0.5, 0.6) is 0 Å². The second-order valence-corrected chi connectivity index (χ2v) is 10.4. The summed E-state index contributed by atoms with van der Waals surface area (Å²) in [6.07, 6.45) is 2.65. The number of para-hydroxylation sites is 1. The Morgan fingerprint density at radius 3 is 2.56 bits per heavy atom. The number of rotatable bonds is 9. The summed E-state index contributed by atoms with van der Waals surface area (Å²) >= 11 is 3.17. The zero-order valence-electron chi connectivity index (χ0n) is 19.6. The highest BCUT2D eigenvalue weighted by molar-refractivity contribution is 7.99. The Labute approximate surface area is 208 Å². The fraction of sp³-hybridized carbons (Fsp3) is 0.417. The molecule has 1 aromatic carbocycles. The van der Waals surface area contributed by atoms with Crippen LogP contribution >= 0.6 is 23.1 Å². The van der Waals surface area contributed by atoms with E-state index in [0.29, 0.717) is 38.5 Å². The van der Waals surface area contributed by atoms with Gasteiger partial charge >= 0.3 is 0 Å². The molecule has 0 spiro atoms. The molecule has 0 radical (unpaired) electrons. The number of carbonyl (C=O) groups is 2. The molecule has 1 aliphatic heterocycles. The molecule has 3 heterocycles. The van der Waals surface area contributed by atoms with Crippen molar-refractivity contribution in [2.75, 3.05) is 43.8 Å². The van der Waals surface area contributed by atoms with Crippen LogP contribution in [0.1, 0.15) is 16.0 Å². The van der Waals surface area contributed by atoms with Crippen LogP contribution in [0, 0.1) is 13.8 Å². The molecule has 2 amide bonds. The number of aromatic nitrogens is 3. The first kappa shape index (κ1) is 24.4. The van der Waals surface area contributed by atoms with Gasteiger partial charge in [0.15, 0.2) is 5.16 Å². The molecule has 0 bridgehead atoms. The highest BCUT2D eigenvalue weighted by atomic mass is 32.2. The molecule has 8 nitrogen and oxygen atoms in total. The largest absolute Gasteiger partial charge is 0.339 e. The number of amides is 2. The molecule has 3 aromatic rings. The van der Waals surface area contributed by atoms with Gasteiger partial charge < -0.3 is 14.8 Å². The lowest BCUT2D eigenvalue weighted by atomic mass is 10.1. The third kappa shape index (κ3) is 6.46. The number of thioether (sulfide) groups is 1. The maximum atomic E-state index is 12.7. The summed E-state index contributed by atoms with van der Waals surface area (Å²) in [6, 6.07) is 10.2. The number of anilines is 1. The predicted octanol–water partition coefficient (Wildman–Crippen LogP) is 3.07. The van der Waals surface area contributed by atoms with Crippen molar-refractivity contribution in [3.8, 4) is 0 Å². The average molecular weight is 499 g/mol. The minimum atomic E-state index is -0.0189. The Kier molecular flexibility index (Phi) is 8.36. The van der Waals surface area contributed by atoms with Crippen molar-refractivity contribution < 1.29 is 9.59 Å². The van der Waals surface area contributed by atoms with E-state index in [1.54, 1.807) is 17.7 Å². The van der Waals surface area contributed by atoms with Gasteiger partial charge in [-0.15, -0.1) is 21.5 Å². The third-order valence-electron chi connectivity index (χ3n) is 5.92. The van der Waals surface area contributed by atoms with Gasteiger partial charge in [0, 0.05) is 43.3 Å². The van der Waals surface area contributed by atoms with Crippen LogP contribution in [0.2, 0.25) is 0 Å². The number of benzene rings is 1. The van der Waals surface area contributed by atoms with E-state index in [1.807, 2.05) is 41.5 Å². The number of nitrogens with one attached hydrogen (secondary N) is 1. The number of aryl methyl sites for hydroxylation is 4. The summed E-state index contributed by atoms with van der Waals surface area (Å²) in [5, 5.41) is 14.1. The number of thiophene rings is 1. The molecule has 0 saturated carbocycles. The van der Waals surface area contributed by atoms with Gasteiger partial charge in [-0.1, -0.05) is 36.0 Å². The molecule has 2 aromatic heterocycles. The van der Waals surface area contributed by atoms with Gasteiger partial charge in [-0.25, -0.2) is 0 Å². The van der Waals surface area contributed by atoms with Crippen molar-refractivity contribution in [1.29, 1.82) is 0 Å². The van der Waals surface area contributed by atoms with Crippen LogP contribution in [0.25, 0.3) is 0 Å². The minimum absolute atomic E-state index is 0.0189. The van der Waals surface area contributed by atoms with E-state index in [9.17, 15) is 9.59 Å². The van der Waals surface area contributed by atoms with Crippen molar-refractivity contribution in [2.45, 2.75) is 32.0 Å². The molecule has 1 fully saturated rings. The number of piperazine rings is 1. The van der Waals surface area contributed by atoms with Crippen molar-refractivity contribution in [2.24, 2.45) is 0 Å². The van der Waals surface area contributed by atoms with Crippen molar-refractivity contribution in [3.05, 3.63) is 58.0 Å². The number of hydrogen-bond acceptors (Lipinski definition) is 7. The van der Waals surface area contributed by atoms with Crippen LogP contribution < -0.4 is 5.32 Å². The average Bonchev–Trinajstić information content (AvgIpc) is 3.51. The molecule has 180 valence electrons. The van der Waals surface area contributed by atoms with E-state index in [2.05, 4.69) is 37.9 Å². The molecule has 0 aliphatic carbocycles. The Morgan fingerprint density at radius 2 is 1.85 bits per heavy atom. The smallest absolute Gasteiger partial charge is 0.238 e. The molecule has 1 N–H and O–H groups in total. The Balaban J connectivity index is 1.19. The highest BCUT2D eigenvalue weighted by Gasteiger charge is 2.23. The van der Waals surface area contributed by atoms with Gasteiger partial charge in [0.2, 0.25) is 11.8 Å². The topological polar surface area (TPSA) is 83.4 Å². The van der Waals surface area contributed by atoms with Crippen LogP contribution in [-0.2, 0) is 22.6 Å². The standard InChI is InChI=1S/C24H30N6O2S2/c1-18-5-3-6-19(2)23(18)26-21(31)15-28-10-12-29(13-11-28)22(32)16-34-24-27-25-17-30(24)9-8-20-7-4-14-33-20/h3-7,14,17H,8-13,15-16H2,1-2H3,(H,26,31). The number of hydrogen-bond donors (Lipinski definition) is 1. The lowest BCUT2D eigenvalue weighted by Gasteiger charge is -2.34. The maximum absolute atomic E-state index is 12.7. The van der Waals surface area contributed by atoms with Crippen molar-refractivity contribution in [1.82, 2.24) is 24.6 Å². The van der Waals surface area contributed by atoms with Crippen LogP contribution in [0.3, 0.4) is 0 Å². The molecule has 4 rings (SSSR count). The van der Waals surface area contributed by atoms with Gasteiger partial charge in [0.05, 0.1) is 12.3 Å². The Hall–Kier alpha value is -2.69. The van der Waals surface area contributed by atoms with Crippen molar-refractivity contribution >= 4 is 40.6 Å². The summed E-state index contributed by atoms with van der Waals surface area (Å²) in [6.45, 7) is 7.75. The van der Waals surface area contributed by atoms with Gasteiger partial charge in [0.1, 0.15) is 6.33 Å². The summed E-state index contributed by atoms with van der Waals surface area (Å²) in [5.74, 6) is 0.414. The lowest BCUT2D eigenvalue weighted by molar-refractivity contribution is -0.130. The van der Waals surface area contributed by atoms with Gasteiger partial charge in [-0.2, -0.15) is 0 Å². The van der Waals surface area contributed by atoms with Crippen LogP contribution in [0.4, 0.5) is 5.69 Å². The molecule has 34 heavy (non-hydrogen) atoms. The predicted molar refractivity (Wildman–Crippen MR) is 136 cm³/mol. The van der Waals surface area contributed by atoms with Gasteiger partial charge in [-0.05, 0) is 42.8 Å². The quantitative estimate of drug-likeness (QED) is 0.457. The Morgan fingerprint density at radius 1 is 1.09 bits per heavy atom.